The van der Waals surface area contributed by atoms with E-state index in [0.29, 0.717) is 10.7 Å². The average Bonchev–Trinajstić information content (AvgIpc) is 3.22. The molecule has 0 bridgehead atoms. The number of amides is 1. The summed E-state index contributed by atoms with van der Waals surface area (Å²) in [7, 11) is 1.63. The molecule has 0 fully saturated rings. The molecule has 1 heterocycles. The van der Waals surface area contributed by atoms with Crippen molar-refractivity contribution in [1.82, 2.24) is 14.9 Å². The van der Waals surface area contributed by atoms with Crippen LogP contribution >= 0.6 is 11.6 Å². The maximum atomic E-state index is 12.7. The highest BCUT2D eigenvalue weighted by Gasteiger charge is 2.16. The summed E-state index contributed by atoms with van der Waals surface area (Å²) in [5.74, 6) is 0.607. The highest BCUT2D eigenvalue weighted by molar-refractivity contribution is 6.31. The maximum absolute atomic E-state index is 12.7. The van der Waals surface area contributed by atoms with Gasteiger partial charge in [-0.3, -0.25) is 9.36 Å². The molecule has 146 valence electrons. The van der Waals surface area contributed by atoms with Crippen LogP contribution in [0.1, 0.15) is 37.2 Å². The van der Waals surface area contributed by atoms with Gasteiger partial charge in [0.15, 0.2) is 0 Å². The first kappa shape index (κ1) is 20.0. The molecule has 1 amide bonds. The third kappa shape index (κ3) is 4.20. The molecule has 3 aromatic rings. The quantitative estimate of drug-likeness (QED) is 0.602. The fraction of sp³-hybridized carbons (Fsp3) is 0.273. The number of hydrogen-bond donors (Lipinski definition) is 1. The van der Waals surface area contributed by atoms with Crippen molar-refractivity contribution < 1.29 is 9.53 Å². The van der Waals surface area contributed by atoms with Gasteiger partial charge in [0, 0.05) is 22.3 Å². The molecule has 0 atom stereocenters. The molecular weight excluding hydrogens is 374 g/mol. The van der Waals surface area contributed by atoms with Gasteiger partial charge in [0.1, 0.15) is 11.4 Å². The summed E-state index contributed by atoms with van der Waals surface area (Å²) < 4.78 is 7.26. The number of carbonyl (C=O) groups excluding carboxylic acids is 1. The number of hydrogen-bond acceptors (Lipinski definition) is 3. The number of nitrogens with one attached hydrogen (secondary N) is 1. The Morgan fingerprint density at radius 3 is 2.71 bits per heavy atom. The van der Waals surface area contributed by atoms with Crippen LogP contribution in [0.3, 0.4) is 0 Å². The minimum Gasteiger partial charge on any atom is -0.496 e. The zero-order valence-corrected chi connectivity index (χ0v) is 17.0. The maximum Gasteiger partial charge on any atom is 0.270 e. The first-order chi connectivity index (χ1) is 13.6. The van der Waals surface area contributed by atoms with Crippen molar-refractivity contribution >= 4 is 17.5 Å². The van der Waals surface area contributed by atoms with Gasteiger partial charge in [-0.1, -0.05) is 37.6 Å². The summed E-state index contributed by atoms with van der Waals surface area (Å²) in [5, 5.41) is 3.70. The molecule has 0 saturated heterocycles. The molecule has 1 N–H and O–H groups in total. The molecule has 1 aromatic heterocycles. The van der Waals surface area contributed by atoms with Gasteiger partial charge < -0.3 is 10.1 Å². The third-order valence-corrected chi connectivity index (χ3v) is 5.02. The first-order valence-electron chi connectivity index (χ1n) is 9.34. The molecule has 0 unspecified atom stereocenters. The summed E-state index contributed by atoms with van der Waals surface area (Å²) in [5.41, 5.74) is 3.17. The number of carbonyl (C=O) groups is 1. The van der Waals surface area contributed by atoms with Crippen LogP contribution in [-0.4, -0.2) is 28.6 Å². The van der Waals surface area contributed by atoms with E-state index in [1.807, 2.05) is 36.4 Å². The monoisotopic (exact) mass is 397 g/mol. The van der Waals surface area contributed by atoms with E-state index in [2.05, 4.69) is 24.1 Å². The predicted molar refractivity (Wildman–Crippen MR) is 112 cm³/mol. The van der Waals surface area contributed by atoms with Crippen LogP contribution in [0.5, 0.6) is 5.75 Å². The summed E-state index contributed by atoms with van der Waals surface area (Å²) >= 11 is 6.18. The highest BCUT2D eigenvalue weighted by atomic mass is 35.5. The van der Waals surface area contributed by atoms with Crippen molar-refractivity contribution in [3.05, 3.63) is 65.7 Å². The minimum atomic E-state index is -0.128. The van der Waals surface area contributed by atoms with Gasteiger partial charge in [-0.2, -0.15) is 0 Å². The largest absolute Gasteiger partial charge is 0.496 e. The Labute approximate surface area is 170 Å². The lowest BCUT2D eigenvalue weighted by molar-refractivity contribution is 0.0928. The molecule has 6 heteroatoms. The van der Waals surface area contributed by atoms with Crippen LogP contribution in [0.15, 0.2) is 55.0 Å². The van der Waals surface area contributed by atoms with Crippen molar-refractivity contribution in [2.75, 3.05) is 7.11 Å². The van der Waals surface area contributed by atoms with Crippen molar-refractivity contribution in [2.24, 2.45) is 0 Å². The third-order valence-electron chi connectivity index (χ3n) is 4.79. The van der Waals surface area contributed by atoms with E-state index in [1.165, 1.54) is 0 Å². The van der Waals surface area contributed by atoms with Crippen LogP contribution in [0.2, 0.25) is 5.02 Å². The summed E-state index contributed by atoms with van der Waals surface area (Å²) in [4.78, 5) is 16.9. The second-order valence-corrected chi connectivity index (χ2v) is 6.97. The number of halogens is 1. The highest BCUT2D eigenvalue weighted by Crippen LogP contribution is 2.33. The Balaban J connectivity index is 1.98. The van der Waals surface area contributed by atoms with E-state index in [4.69, 9.17) is 16.3 Å². The average molecular weight is 398 g/mol. The zero-order chi connectivity index (χ0) is 20.1. The van der Waals surface area contributed by atoms with E-state index in [0.717, 1.165) is 35.4 Å². The SMILES string of the molecule is CCC(CC)NC(=O)c1cncn1-c1cccc(-c2cc(Cl)ccc2OC)c1. The van der Waals surface area contributed by atoms with E-state index in [9.17, 15) is 4.79 Å². The summed E-state index contributed by atoms with van der Waals surface area (Å²) in [6.07, 6.45) is 5.02. The van der Waals surface area contributed by atoms with Gasteiger partial charge in [0.05, 0.1) is 19.6 Å². The fourth-order valence-electron chi connectivity index (χ4n) is 3.15. The van der Waals surface area contributed by atoms with Crippen LogP contribution in [0.4, 0.5) is 0 Å². The lowest BCUT2D eigenvalue weighted by Gasteiger charge is -2.16. The lowest BCUT2D eigenvalue weighted by Crippen LogP contribution is -2.34. The minimum absolute atomic E-state index is 0.128. The molecule has 0 aliphatic heterocycles. The molecule has 0 aliphatic carbocycles. The number of methoxy groups -OCH3 is 1. The number of benzene rings is 2. The second kappa shape index (κ2) is 8.93. The predicted octanol–water partition coefficient (Wildman–Crippen LogP) is 5.12. The molecule has 3 rings (SSSR count). The van der Waals surface area contributed by atoms with Gasteiger partial charge in [-0.05, 0) is 48.7 Å². The van der Waals surface area contributed by atoms with Crippen molar-refractivity contribution in [2.45, 2.75) is 32.7 Å². The fourth-order valence-corrected chi connectivity index (χ4v) is 3.32. The van der Waals surface area contributed by atoms with Gasteiger partial charge in [0.2, 0.25) is 0 Å². The molecule has 5 nitrogen and oxygen atoms in total. The number of nitrogens with zero attached hydrogens (tertiary/aromatic N) is 2. The van der Waals surface area contributed by atoms with Gasteiger partial charge >= 0.3 is 0 Å². The normalized spacial score (nSPS) is 10.9. The Morgan fingerprint density at radius 1 is 1.21 bits per heavy atom. The van der Waals surface area contributed by atoms with Crippen LogP contribution in [0.25, 0.3) is 16.8 Å². The summed E-state index contributed by atoms with van der Waals surface area (Å²) in [6, 6.07) is 13.5. The molecule has 0 radical (unpaired) electrons. The van der Waals surface area contributed by atoms with Gasteiger partial charge in [0.25, 0.3) is 5.91 Å². The number of ether oxygens (including phenoxy) is 1. The van der Waals surface area contributed by atoms with Crippen LogP contribution in [-0.2, 0) is 0 Å². The summed E-state index contributed by atoms with van der Waals surface area (Å²) in [6.45, 7) is 4.13. The molecule has 0 spiro atoms. The van der Waals surface area contributed by atoms with Crippen LogP contribution < -0.4 is 10.1 Å². The molecular formula is C22H24ClN3O2. The Hall–Kier alpha value is -2.79. The van der Waals surface area contributed by atoms with Gasteiger partial charge in [-0.25, -0.2) is 4.98 Å². The van der Waals surface area contributed by atoms with Crippen molar-refractivity contribution in [3.63, 3.8) is 0 Å². The Morgan fingerprint density at radius 2 is 2.00 bits per heavy atom. The topological polar surface area (TPSA) is 56.2 Å². The smallest absolute Gasteiger partial charge is 0.270 e. The molecule has 28 heavy (non-hydrogen) atoms. The molecule has 2 aromatic carbocycles. The van der Waals surface area contributed by atoms with Crippen molar-refractivity contribution in [1.29, 1.82) is 0 Å². The van der Waals surface area contributed by atoms with E-state index in [-0.39, 0.29) is 11.9 Å². The van der Waals surface area contributed by atoms with Gasteiger partial charge in [-0.15, -0.1) is 0 Å². The lowest BCUT2D eigenvalue weighted by atomic mass is 10.0. The van der Waals surface area contributed by atoms with E-state index in [1.54, 1.807) is 30.3 Å². The van der Waals surface area contributed by atoms with Crippen molar-refractivity contribution in [3.8, 4) is 22.6 Å². The van der Waals surface area contributed by atoms with Crippen LogP contribution in [0, 0.1) is 0 Å². The zero-order valence-electron chi connectivity index (χ0n) is 16.3. The first-order valence-corrected chi connectivity index (χ1v) is 9.72. The number of aromatic nitrogens is 2. The van der Waals surface area contributed by atoms with E-state index < -0.39 is 0 Å². The Kier molecular flexibility index (Phi) is 6.37. The Bertz CT molecular complexity index is 964. The second-order valence-electron chi connectivity index (χ2n) is 6.53. The molecule has 0 saturated carbocycles. The number of rotatable bonds is 7. The standard InChI is InChI=1S/C22H24ClN3O2/c1-4-17(5-2)25-22(27)20-13-24-14-26(20)18-8-6-7-15(11-18)19-12-16(23)9-10-21(19)28-3/h6-14,17H,4-5H2,1-3H3,(H,25,27). The van der Waals surface area contributed by atoms with E-state index >= 15 is 0 Å². The molecule has 0 aliphatic rings. The number of imidazole rings is 1.